The summed E-state index contributed by atoms with van der Waals surface area (Å²) in [5.74, 6) is -2.49. The number of hydrogen-bond acceptors (Lipinski definition) is 4. The minimum atomic E-state index is -1.02. The van der Waals surface area contributed by atoms with E-state index < -0.39 is 17.7 Å². The molecular weight excluding hydrogens is 379 g/mol. The lowest BCUT2D eigenvalue weighted by atomic mass is 9.78. The number of ether oxygens (including phenoxy) is 1. The Kier molecular flexibility index (Phi) is 4.40. The predicted molar refractivity (Wildman–Crippen MR) is 104 cm³/mol. The number of aromatic amines is 1. The van der Waals surface area contributed by atoms with Crippen molar-refractivity contribution in [3.8, 4) is 23.2 Å². The van der Waals surface area contributed by atoms with Crippen LogP contribution in [0.1, 0.15) is 28.2 Å². The van der Waals surface area contributed by atoms with Gasteiger partial charge in [-0.25, -0.2) is 4.39 Å². The standard InChI is InChI=1S/C21H16ClFN4O/c1-10-6-7-12(8-11(10)2)19-18-16(17-14(22)4-3-5-15(17)23)13(9-24)20(25)28-21(18)27-26-19/h3-8,13,16,25H,1-2H3,(H,26,27). The number of nitrogens with zero attached hydrogens (tertiary/aromatic N) is 2. The lowest BCUT2D eigenvalue weighted by Crippen LogP contribution is -2.31. The van der Waals surface area contributed by atoms with Crippen LogP contribution in [0.4, 0.5) is 4.39 Å². The average Bonchev–Trinajstić information content (AvgIpc) is 3.07. The van der Waals surface area contributed by atoms with Crippen LogP contribution in [0.2, 0.25) is 5.02 Å². The van der Waals surface area contributed by atoms with Gasteiger partial charge in [-0.15, -0.1) is 5.10 Å². The molecule has 2 heterocycles. The number of fused-ring (bicyclic) bond motifs is 1. The highest BCUT2D eigenvalue weighted by Gasteiger charge is 2.42. The number of benzene rings is 2. The third kappa shape index (κ3) is 2.76. The molecule has 0 bridgehead atoms. The summed E-state index contributed by atoms with van der Waals surface area (Å²) in [5, 5.41) is 25.1. The first-order valence-electron chi connectivity index (χ1n) is 8.68. The molecular formula is C21H16ClFN4O. The molecule has 140 valence electrons. The largest absolute Gasteiger partial charge is 0.422 e. The summed E-state index contributed by atoms with van der Waals surface area (Å²) in [5.41, 5.74) is 4.37. The Morgan fingerprint density at radius 2 is 2.00 bits per heavy atom. The van der Waals surface area contributed by atoms with Gasteiger partial charge in [-0.1, -0.05) is 29.8 Å². The average molecular weight is 395 g/mol. The van der Waals surface area contributed by atoms with Gasteiger partial charge >= 0.3 is 0 Å². The highest BCUT2D eigenvalue weighted by Crippen LogP contribution is 2.48. The van der Waals surface area contributed by atoms with Crippen molar-refractivity contribution in [2.24, 2.45) is 5.92 Å². The van der Waals surface area contributed by atoms with Crippen molar-refractivity contribution in [3.05, 3.63) is 69.5 Å². The Hall–Kier alpha value is -3.17. The van der Waals surface area contributed by atoms with E-state index in [-0.39, 0.29) is 22.4 Å². The van der Waals surface area contributed by atoms with Gasteiger partial charge in [0.05, 0.1) is 17.3 Å². The monoisotopic (exact) mass is 394 g/mol. The number of rotatable bonds is 2. The van der Waals surface area contributed by atoms with Crippen molar-refractivity contribution in [1.29, 1.82) is 10.7 Å². The lowest BCUT2D eigenvalue weighted by molar-refractivity contribution is 0.432. The van der Waals surface area contributed by atoms with E-state index in [4.69, 9.17) is 21.7 Å². The van der Waals surface area contributed by atoms with Crippen LogP contribution in [0.25, 0.3) is 11.3 Å². The van der Waals surface area contributed by atoms with Crippen LogP contribution < -0.4 is 4.74 Å². The van der Waals surface area contributed by atoms with Gasteiger partial charge in [0, 0.05) is 22.1 Å². The van der Waals surface area contributed by atoms with Crippen molar-refractivity contribution >= 4 is 17.5 Å². The van der Waals surface area contributed by atoms with Crippen LogP contribution in [0, 0.1) is 42.3 Å². The molecule has 0 spiro atoms. The van der Waals surface area contributed by atoms with E-state index in [0.717, 1.165) is 16.7 Å². The molecule has 28 heavy (non-hydrogen) atoms. The molecule has 2 N–H and O–H groups in total. The van der Waals surface area contributed by atoms with Crippen molar-refractivity contribution in [1.82, 2.24) is 10.2 Å². The molecule has 1 aliphatic heterocycles. The fourth-order valence-corrected chi connectivity index (χ4v) is 3.84. The van der Waals surface area contributed by atoms with E-state index >= 15 is 0 Å². The number of nitrogens with one attached hydrogen (secondary N) is 2. The highest BCUT2D eigenvalue weighted by atomic mass is 35.5. The second kappa shape index (κ2) is 6.77. The van der Waals surface area contributed by atoms with Gasteiger partial charge in [0.1, 0.15) is 11.7 Å². The van der Waals surface area contributed by atoms with Crippen LogP contribution in [-0.2, 0) is 0 Å². The predicted octanol–water partition coefficient (Wildman–Crippen LogP) is 5.13. The van der Waals surface area contributed by atoms with Gasteiger partial charge in [0.25, 0.3) is 0 Å². The summed E-state index contributed by atoms with van der Waals surface area (Å²) in [6.07, 6.45) is 0. The first-order chi connectivity index (χ1) is 13.4. The Morgan fingerprint density at radius 1 is 1.21 bits per heavy atom. The SMILES string of the molecule is Cc1ccc(-c2[nH]nc3c2C(c2c(F)cccc2Cl)C(C#N)C(=N)O3)cc1C. The number of halogens is 2. The Bertz CT molecular complexity index is 1130. The maximum atomic E-state index is 14.8. The molecule has 1 aromatic heterocycles. The van der Waals surface area contributed by atoms with E-state index in [0.29, 0.717) is 11.3 Å². The van der Waals surface area contributed by atoms with Gasteiger partial charge < -0.3 is 4.74 Å². The molecule has 0 saturated carbocycles. The van der Waals surface area contributed by atoms with Crippen LogP contribution in [0.3, 0.4) is 0 Å². The number of nitriles is 1. The van der Waals surface area contributed by atoms with Crippen molar-refractivity contribution in [2.45, 2.75) is 19.8 Å². The van der Waals surface area contributed by atoms with E-state index in [1.165, 1.54) is 12.1 Å². The molecule has 0 amide bonds. The summed E-state index contributed by atoms with van der Waals surface area (Å²) < 4.78 is 20.3. The molecule has 5 nitrogen and oxygen atoms in total. The van der Waals surface area contributed by atoms with Crippen LogP contribution >= 0.6 is 11.6 Å². The van der Waals surface area contributed by atoms with Gasteiger partial charge in [0.15, 0.2) is 0 Å². The zero-order valence-corrected chi connectivity index (χ0v) is 15.9. The van der Waals surface area contributed by atoms with E-state index in [9.17, 15) is 9.65 Å². The molecule has 0 fully saturated rings. The first-order valence-corrected chi connectivity index (χ1v) is 9.06. The number of aryl methyl sites for hydroxylation is 2. The number of H-pyrrole nitrogens is 1. The van der Waals surface area contributed by atoms with Crippen LogP contribution in [0.15, 0.2) is 36.4 Å². The van der Waals surface area contributed by atoms with E-state index in [2.05, 4.69) is 16.3 Å². The van der Waals surface area contributed by atoms with Gasteiger partial charge in [-0.05, 0) is 43.2 Å². The number of hydrogen-bond donors (Lipinski definition) is 2. The highest BCUT2D eigenvalue weighted by molar-refractivity contribution is 6.31. The zero-order valence-electron chi connectivity index (χ0n) is 15.2. The van der Waals surface area contributed by atoms with Crippen molar-refractivity contribution in [3.63, 3.8) is 0 Å². The van der Waals surface area contributed by atoms with Crippen molar-refractivity contribution < 1.29 is 9.13 Å². The van der Waals surface area contributed by atoms with Gasteiger partial charge in [0.2, 0.25) is 11.8 Å². The Labute approximate surface area is 166 Å². The van der Waals surface area contributed by atoms with Gasteiger partial charge in [-0.3, -0.25) is 10.5 Å². The Balaban J connectivity index is 2.00. The van der Waals surface area contributed by atoms with Gasteiger partial charge in [-0.2, -0.15) is 5.26 Å². The van der Waals surface area contributed by atoms with Crippen LogP contribution in [0.5, 0.6) is 5.88 Å². The summed E-state index contributed by atoms with van der Waals surface area (Å²) in [4.78, 5) is 0. The molecule has 2 aromatic carbocycles. The smallest absolute Gasteiger partial charge is 0.244 e. The molecule has 0 aliphatic carbocycles. The van der Waals surface area contributed by atoms with Crippen molar-refractivity contribution in [2.75, 3.05) is 0 Å². The molecule has 4 rings (SSSR count). The lowest BCUT2D eigenvalue weighted by Gasteiger charge is -2.29. The third-order valence-electron chi connectivity index (χ3n) is 5.15. The fraction of sp³-hybridized carbons (Fsp3) is 0.190. The molecule has 0 saturated heterocycles. The summed E-state index contributed by atoms with van der Waals surface area (Å²) in [6.45, 7) is 4.01. The molecule has 2 unspecified atom stereocenters. The molecule has 1 aliphatic rings. The maximum absolute atomic E-state index is 14.8. The minimum Gasteiger partial charge on any atom is -0.422 e. The van der Waals surface area contributed by atoms with E-state index in [1.54, 1.807) is 6.07 Å². The second-order valence-electron chi connectivity index (χ2n) is 6.80. The van der Waals surface area contributed by atoms with Crippen LogP contribution in [-0.4, -0.2) is 16.1 Å². The summed E-state index contributed by atoms with van der Waals surface area (Å²) >= 11 is 6.32. The fourth-order valence-electron chi connectivity index (χ4n) is 3.56. The third-order valence-corrected chi connectivity index (χ3v) is 5.48. The molecule has 3 aromatic rings. The minimum absolute atomic E-state index is 0.161. The normalized spacial score (nSPS) is 18.3. The number of aromatic nitrogens is 2. The quantitative estimate of drug-likeness (QED) is 0.632. The Morgan fingerprint density at radius 3 is 2.68 bits per heavy atom. The first kappa shape index (κ1) is 18.2. The summed E-state index contributed by atoms with van der Waals surface area (Å²) in [7, 11) is 0. The maximum Gasteiger partial charge on any atom is 0.244 e. The molecule has 2 atom stereocenters. The second-order valence-corrected chi connectivity index (χ2v) is 7.21. The summed E-state index contributed by atoms with van der Waals surface area (Å²) in [6, 6.07) is 12.3. The zero-order chi connectivity index (χ0) is 20.0. The molecule has 0 radical (unpaired) electrons. The topological polar surface area (TPSA) is 85.5 Å². The van der Waals surface area contributed by atoms with E-state index in [1.807, 2.05) is 32.0 Å². The molecule has 7 heteroatoms.